The fourth-order valence-corrected chi connectivity index (χ4v) is 3.89. The first-order valence-corrected chi connectivity index (χ1v) is 10.1. The number of hydrogen-bond donors (Lipinski definition) is 1. The summed E-state index contributed by atoms with van der Waals surface area (Å²) in [6, 6.07) is 0.780. The van der Waals surface area contributed by atoms with Gasteiger partial charge in [0.2, 0.25) is 0 Å². The molecule has 0 radical (unpaired) electrons. The molecule has 128 valence electrons. The predicted molar refractivity (Wildman–Crippen MR) is 96.9 cm³/mol. The van der Waals surface area contributed by atoms with Crippen LogP contribution in [0.1, 0.15) is 96.3 Å². The van der Waals surface area contributed by atoms with Gasteiger partial charge < -0.3 is 0 Å². The van der Waals surface area contributed by atoms with Crippen LogP contribution in [0.5, 0.6) is 0 Å². The van der Waals surface area contributed by atoms with E-state index in [-0.39, 0.29) is 0 Å². The molecule has 1 aliphatic carbocycles. The van der Waals surface area contributed by atoms with Gasteiger partial charge in [0.1, 0.15) is 0 Å². The third-order valence-corrected chi connectivity index (χ3v) is 5.31. The molecule has 2 heteroatoms. The van der Waals surface area contributed by atoms with E-state index in [0.717, 1.165) is 6.04 Å². The molecule has 0 aromatic rings. The van der Waals surface area contributed by atoms with Crippen molar-refractivity contribution in [3.05, 3.63) is 12.2 Å². The van der Waals surface area contributed by atoms with Crippen LogP contribution in [0.3, 0.4) is 0 Å². The Morgan fingerprint density at radius 1 is 0.636 bits per heavy atom. The first-order chi connectivity index (χ1) is 11.0. The van der Waals surface area contributed by atoms with Crippen LogP contribution < -0.4 is 5.43 Å². The van der Waals surface area contributed by atoms with Crippen molar-refractivity contribution in [3.63, 3.8) is 0 Å². The van der Waals surface area contributed by atoms with E-state index in [0.29, 0.717) is 0 Å². The van der Waals surface area contributed by atoms with Gasteiger partial charge in [-0.15, -0.1) is 0 Å². The predicted octanol–water partition coefficient (Wildman–Crippen LogP) is 5.60. The molecule has 0 atom stereocenters. The summed E-state index contributed by atoms with van der Waals surface area (Å²) in [4.78, 5) is 0. The summed E-state index contributed by atoms with van der Waals surface area (Å²) < 4.78 is 0. The molecule has 1 fully saturated rings. The summed E-state index contributed by atoms with van der Waals surface area (Å²) in [7, 11) is 0. The topological polar surface area (TPSA) is 15.3 Å². The molecule has 2 aliphatic rings. The van der Waals surface area contributed by atoms with Crippen LogP contribution in [0.4, 0.5) is 0 Å². The average molecular weight is 307 g/mol. The van der Waals surface area contributed by atoms with Crippen LogP contribution >= 0.6 is 0 Å². The lowest BCUT2D eigenvalue weighted by atomic mass is 10.0. The Morgan fingerprint density at radius 2 is 1.23 bits per heavy atom. The molecule has 2 nitrogen and oxygen atoms in total. The highest BCUT2D eigenvalue weighted by atomic mass is 15.5. The van der Waals surface area contributed by atoms with E-state index in [4.69, 9.17) is 0 Å². The summed E-state index contributed by atoms with van der Waals surface area (Å²) in [6.45, 7) is 2.40. The van der Waals surface area contributed by atoms with Crippen molar-refractivity contribution in [3.8, 4) is 0 Å². The molecule has 2 rings (SSSR count). The molecular formula is C20H38N2. The van der Waals surface area contributed by atoms with Crippen LogP contribution in [0.2, 0.25) is 0 Å². The fourth-order valence-electron chi connectivity index (χ4n) is 3.89. The number of nitrogens with zero attached hydrogens (tertiary/aromatic N) is 1. The molecule has 0 spiro atoms. The molecule has 0 aromatic heterocycles. The molecule has 0 unspecified atom stereocenters. The Balaban J connectivity index is 1.85. The van der Waals surface area contributed by atoms with Gasteiger partial charge in [0.25, 0.3) is 0 Å². The van der Waals surface area contributed by atoms with Crippen LogP contribution in [-0.2, 0) is 0 Å². The van der Waals surface area contributed by atoms with Crippen molar-refractivity contribution in [1.82, 2.24) is 10.4 Å². The molecule has 0 aromatic carbocycles. The maximum Gasteiger partial charge on any atom is 0.0243 e. The SMILES string of the molecule is C1=C\CCCN(C2CCCCCCCCCC2)NCCCC/1. The number of hydrazine groups is 1. The van der Waals surface area contributed by atoms with Crippen molar-refractivity contribution in [2.75, 3.05) is 13.1 Å². The van der Waals surface area contributed by atoms with E-state index in [9.17, 15) is 0 Å². The molecule has 22 heavy (non-hydrogen) atoms. The van der Waals surface area contributed by atoms with E-state index in [1.807, 2.05) is 0 Å². The Hall–Kier alpha value is -0.340. The Kier molecular flexibility index (Phi) is 9.93. The molecule has 1 aliphatic heterocycles. The van der Waals surface area contributed by atoms with Crippen LogP contribution in [0, 0.1) is 0 Å². The molecule has 0 bridgehead atoms. The van der Waals surface area contributed by atoms with Gasteiger partial charge in [-0.1, -0.05) is 63.5 Å². The van der Waals surface area contributed by atoms with Gasteiger partial charge in [0.05, 0.1) is 0 Å². The number of allylic oxidation sites excluding steroid dienone is 2. The molecule has 0 saturated heterocycles. The minimum absolute atomic E-state index is 0.780. The summed E-state index contributed by atoms with van der Waals surface area (Å²) in [5, 5.41) is 2.64. The Labute approximate surface area is 138 Å². The second-order valence-corrected chi connectivity index (χ2v) is 7.27. The maximum atomic E-state index is 3.79. The average Bonchev–Trinajstić information content (AvgIpc) is 2.64. The van der Waals surface area contributed by atoms with Gasteiger partial charge in [-0.05, 0) is 44.9 Å². The highest BCUT2D eigenvalue weighted by molar-refractivity contribution is 4.83. The zero-order valence-electron chi connectivity index (χ0n) is 14.7. The lowest BCUT2D eigenvalue weighted by molar-refractivity contribution is 0.104. The molecular weight excluding hydrogens is 268 g/mol. The standard InChI is InChI=1S/C20H38N2/c1-2-5-9-13-17-20(16-12-8-4-1)22-19-15-11-7-3-6-10-14-18-21-22/h3,7,20-21H,1-2,4-6,8-19H2/b7-3-. The lowest BCUT2D eigenvalue weighted by Gasteiger charge is -2.32. The molecule has 0 amide bonds. The van der Waals surface area contributed by atoms with E-state index < -0.39 is 0 Å². The molecule has 1 N–H and O–H groups in total. The summed E-state index contributed by atoms with van der Waals surface area (Å²) >= 11 is 0. The third kappa shape index (κ3) is 7.78. The van der Waals surface area contributed by atoms with Gasteiger partial charge in [0, 0.05) is 19.1 Å². The number of rotatable bonds is 1. The molecule has 1 heterocycles. The third-order valence-electron chi connectivity index (χ3n) is 5.31. The minimum atomic E-state index is 0.780. The van der Waals surface area contributed by atoms with Crippen molar-refractivity contribution >= 4 is 0 Å². The second kappa shape index (κ2) is 12.1. The van der Waals surface area contributed by atoms with Gasteiger partial charge in [-0.2, -0.15) is 0 Å². The van der Waals surface area contributed by atoms with Crippen LogP contribution in [0.15, 0.2) is 12.2 Å². The largest absolute Gasteiger partial charge is 0.255 e. The van der Waals surface area contributed by atoms with E-state index in [1.54, 1.807) is 0 Å². The van der Waals surface area contributed by atoms with Crippen LogP contribution in [-0.4, -0.2) is 24.1 Å². The van der Waals surface area contributed by atoms with Gasteiger partial charge >= 0.3 is 0 Å². The van der Waals surface area contributed by atoms with E-state index >= 15 is 0 Å². The van der Waals surface area contributed by atoms with Crippen LogP contribution in [0.25, 0.3) is 0 Å². The van der Waals surface area contributed by atoms with Crippen molar-refractivity contribution in [2.24, 2.45) is 0 Å². The lowest BCUT2D eigenvalue weighted by Crippen LogP contribution is -2.46. The fraction of sp³-hybridized carbons (Fsp3) is 0.900. The Morgan fingerprint density at radius 3 is 1.91 bits per heavy atom. The maximum absolute atomic E-state index is 3.79. The van der Waals surface area contributed by atoms with Crippen molar-refractivity contribution in [1.29, 1.82) is 0 Å². The van der Waals surface area contributed by atoms with E-state index in [1.165, 1.54) is 109 Å². The monoisotopic (exact) mass is 306 g/mol. The second-order valence-electron chi connectivity index (χ2n) is 7.27. The summed E-state index contributed by atoms with van der Waals surface area (Å²) in [5.41, 5.74) is 3.79. The van der Waals surface area contributed by atoms with Gasteiger partial charge in [-0.3, -0.25) is 5.43 Å². The van der Waals surface area contributed by atoms with E-state index in [2.05, 4.69) is 22.6 Å². The molecule has 1 saturated carbocycles. The minimum Gasteiger partial charge on any atom is -0.255 e. The van der Waals surface area contributed by atoms with Crippen molar-refractivity contribution in [2.45, 2.75) is 102 Å². The normalized spacial score (nSPS) is 27.5. The number of hydrogen-bond acceptors (Lipinski definition) is 2. The zero-order chi connectivity index (χ0) is 15.3. The van der Waals surface area contributed by atoms with Gasteiger partial charge in [-0.25, -0.2) is 5.01 Å². The smallest absolute Gasteiger partial charge is 0.0243 e. The Bertz CT molecular complexity index is 275. The van der Waals surface area contributed by atoms with Crippen molar-refractivity contribution < 1.29 is 0 Å². The first-order valence-electron chi connectivity index (χ1n) is 10.1. The van der Waals surface area contributed by atoms with Gasteiger partial charge in [0.15, 0.2) is 0 Å². The quantitative estimate of drug-likeness (QED) is 0.635. The highest BCUT2D eigenvalue weighted by Gasteiger charge is 2.18. The number of nitrogens with one attached hydrogen (secondary N) is 1. The zero-order valence-corrected chi connectivity index (χ0v) is 14.7. The highest BCUT2D eigenvalue weighted by Crippen LogP contribution is 2.20. The summed E-state index contributed by atoms with van der Waals surface area (Å²) in [6.07, 6.45) is 25.7. The summed E-state index contributed by atoms with van der Waals surface area (Å²) in [5.74, 6) is 0. The first kappa shape index (κ1) is 18.0.